The molecule has 1 heterocycles. The summed E-state index contributed by atoms with van der Waals surface area (Å²) in [6.07, 6.45) is 0. The summed E-state index contributed by atoms with van der Waals surface area (Å²) >= 11 is 1.75. The van der Waals surface area contributed by atoms with E-state index in [-0.39, 0.29) is 6.04 Å². The van der Waals surface area contributed by atoms with E-state index in [1.54, 1.807) is 11.3 Å². The van der Waals surface area contributed by atoms with Gasteiger partial charge in [-0.2, -0.15) is 0 Å². The molecule has 0 aliphatic rings. The largest absolute Gasteiger partial charge is 0.307 e. The van der Waals surface area contributed by atoms with Crippen LogP contribution in [0.25, 0.3) is 0 Å². The van der Waals surface area contributed by atoms with Crippen molar-refractivity contribution in [2.75, 3.05) is 7.05 Å². The summed E-state index contributed by atoms with van der Waals surface area (Å²) in [6, 6.07) is 6.80. The van der Waals surface area contributed by atoms with E-state index in [4.69, 9.17) is 4.98 Å². The van der Waals surface area contributed by atoms with E-state index in [2.05, 4.69) is 56.6 Å². The molecule has 0 aliphatic heterocycles. The third-order valence-electron chi connectivity index (χ3n) is 3.41. The fourth-order valence-electron chi connectivity index (χ4n) is 2.18. The Balaban J connectivity index is 2.40. The maximum absolute atomic E-state index is 4.78. The summed E-state index contributed by atoms with van der Waals surface area (Å²) in [5, 5.41) is 6.73. The lowest BCUT2D eigenvalue weighted by Crippen LogP contribution is -2.18. The van der Waals surface area contributed by atoms with Crippen molar-refractivity contribution in [3.8, 4) is 0 Å². The minimum atomic E-state index is 0.192. The molecule has 0 aliphatic carbocycles. The third kappa shape index (κ3) is 3.04. The second kappa shape index (κ2) is 5.85. The van der Waals surface area contributed by atoms with Crippen LogP contribution < -0.4 is 5.32 Å². The monoisotopic (exact) mass is 274 g/mol. The summed E-state index contributed by atoms with van der Waals surface area (Å²) in [5.41, 5.74) is 5.12. The van der Waals surface area contributed by atoms with Crippen LogP contribution in [0.5, 0.6) is 0 Å². The van der Waals surface area contributed by atoms with Crippen molar-refractivity contribution in [1.29, 1.82) is 0 Å². The van der Waals surface area contributed by atoms with E-state index < -0.39 is 0 Å². The molecule has 1 aromatic heterocycles. The number of rotatable bonds is 4. The molecule has 19 heavy (non-hydrogen) atoms. The van der Waals surface area contributed by atoms with Crippen LogP contribution >= 0.6 is 11.3 Å². The molecule has 3 heteroatoms. The lowest BCUT2D eigenvalue weighted by molar-refractivity contribution is 0.674. The highest BCUT2D eigenvalue weighted by molar-refractivity contribution is 7.09. The van der Waals surface area contributed by atoms with Crippen LogP contribution in [0.1, 0.15) is 53.2 Å². The standard InChI is InChI=1S/C16H22N2S/c1-10(2)14-9-19-16(18-14)15(17-5)13-8-11(3)6-7-12(13)4/h6-10,15,17H,1-5H3. The van der Waals surface area contributed by atoms with Crippen molar-refractivity contribution in [3.63, 3.8) is 0 Å². The topological polar surface area (TPSA) is 24.9 Å². The molecule has 102 valence electrons. The van der Waals surface area contributed by atoms with Gasteiger partial charge in [-0.05, 0) is 37.9 Å². The number of nitrogens with zero attached hydrogens (tertiary/aromatic N) is 1. The zero-order valence-corrected chi connectivity index (χ0v) is 13.1. The average Bonchev–Trinajstić information content (AvgIpc) is 2.84. The molecule has 0 fully saturated rings. The smallest absolute Gasteiger partial charge is 0.114 e. The molecule has 1 N–H and O–H groups in total. The van der Waals surface area contributed by atoms with Crippen molar-refractivity contribution in [3.05, 3.63) is 51.0 Å². The van der Waals surface area contributed by atoms with Gasteiger partial charge < -0.3 is 5.32 Å². The summed E-state index contributed by atoms with van der Waals surface area (Å²) in [4.78, 5) is 4.78. The molecule has 1 aromatic carbocycles. The fraction of sp³-hybridized carbons (Fsp3) is 0.438. The summed E-state index contributed by atoms with van der Waals surface area (Å²) < 4.78 is 0. The first-order valence-electron chi connectivity index (χ1n) is 6.72. The number of hydrogen-bond donors (Lipinski definition) is 1. The van der Waals surface area contributed by atoms with Crippen LogP contribution in [0.4, 0.5) is 0 Å². The molecule has 2 nitrogen and oxygen atoms in total. The Labute approximate surface area is 119 Å². The van der Waals surface area contributed by atoms with Crippen LogP contribution in [0.15, 0.2) is 23.6 Å². The number of nitrogens with one attached hydrogen (secondary N) is 1. The quantitative estimate of drug-likeness (QED) is 0.904. The van der Waals surface area contributed by atoms with Crippen molar-refractivity contribution < 1.29 is 0 Å². The Bertz CT molecular complexity index is 558. The lowest BCUT2D eigenvalue weighted by Gasteiger charge is -2.17. The van der Waals surface area contributed by atoms with Crippen molar-refractivity contribution in [1.82, 2.24) is 10.3 Å². The number of thiazole rings is 1. The highest BCUT2D eigenvalue weighted by Crippen LogP contribution is 2.29. The Morgan fingerprint density at radius 3 is 2.53 bits per heavy atom. The fourth-order valence-corrected chi connectivity index (χ4v) is 3.29. The molecule has 1 unspecified atom stereocenters. The van der Waals surface area contributed by atoms with Gasteiger partial charge in [0.05, 0.1) is 11.7 Å². The van der Waals surface area contributed by atoms with E-state index in [9.17, 15) is 0 Å². The SMILES string of the molecule is CNC(c1nc(C(C)C)cs1)c1cc(C)ccc1C. The molecule has 0 spiro atoms. The van der Waals surface area contributed by atoms with Crippen molar-refractivity contribution >= 4 is 11.3 Å². The normalized spacial score (nSPS) is 12.9. The first-order valence-corrected chi connectivity index (χ1v) is 7.60. The Morgan fingerprint density at radius 2 is 1.95 bits per heavy atom. The van der Waals surface area contributed by atoms with Crippen LogP contribution in [-0.4, -0.2) is 12.0 Å². The Morgan fingerprint density at radius 1 is 1.21 bits per heavy atom. The highest BCUT2D eigenvalue weighted by atomic mass is 32.1. The maximum Gasteiger partial charge on any atom is 0.114 e. The third-order valence-corrected chi connectivity index (χ3v) is 4.34. The van der Waals surface area contributed by atoms with Crippen LogP contribution in [-0.2, 0) is 0 Å². The van der Waals surface area contributed by atoms with Crippen LogP contribution in [0.3, 0.4) is 0 Å². The zero-order valence-electron chi connectivity index (χ0n) is 12.3. The van der Waals surface area contributed by atoms with Gasteiger partial charge in [0.2, 0.25) is 0 Å². The van der Waals surface area contributed by atoms with Crippen molar-refractivity contribution in [2.45, 2.75) is 39.7 Å². The minimum Gasteiger partial charge on any atom is -0.307 e. The summed E-state index contributed by atoms with van der Waals surface area (Å²) in [7, 11) is 2.00. The highest BCUT2D eigenvalue weighted by Gasteiger charge is 2.18. The number of aromatic nitrogens is 1. The molecule has 0 radical (unpaired) electrons. The molecule has 0 bridgehead atoms. The van der Waals surface area contributed by atoms with E-state index in [0.717, 1.165) is 5.01 Å². The number of aryl methyl sites for hydroxylation is 2. The zero-order chi connectivity index (χ0) is 14.0. The van der Waals surface area contributed by atoms with Crippen molar-refractivity contribution in [2.24, 2.45) is 0 Å². The predicted molar refractivity (Wildman–Crippen MR) is 83.0 cm³/mol. The minimum absolute atomic E-state index is 0.192. The molecular weight excluding hydrogens is 252 g/mol. The molecule has 0 saturated heterocycles. The molecule has 0 saturated carbocycles. The van der Waals surface area contributed by atoms with Gasteiger partial charge in [0.15, 0.2) is 0 Å². The van der Waals surface area contributed by atoms with E-state index in [1.807, 2.05) is 7.05 Å². The van der Waals surface area contributed by atoms with Gasteiger partial charge in [-0.3, -0.25) is 0 Å². The Kier molecular flexibility index (Phi) is 4.38. The predicted octanol–water partition coefficient (Wildman–Crippen LogP) is 4.19. The van der Waals surface area contributed by atoms with Gasteiger partial charge in [0, 0.05) is 5.38 Å². The first-order chi connectivity index (χ1) is 9.02. The van der Waals surface area contributed by atoms with E-state index in [1.165, 1.54) is 22.4 Å². The number of hydrogen-bond acceptors (Lipinski definition) is 3. The molecular formula is C16H22N2S. The number of benzene rings is 1. The van der Waals surface area contributed by atoms with Gasteiger partial charge in [-0.1, -0.05) is 37.6 Å². The lowest BCUT2D eigenvalue weighted by atomic mass is 9.99. The molecule has 0 amide bonds. The molecule has 2 rings (SSSR count). The van der Waals surface area contributed by atoms with Gasteiger partial charge in [-0.25, -0.2) is 4.98 Å². The second-order valence-corrected chi connectivity index (χ2v) is 6.24. The maximum atomic E-state index is 4.78. The first kappa shape index (κ1) is 14.2. The summed E-state index contributed by atoms with van der Waals surface area (Å²) in [5.74, 6) is 0.487. The van der Waals surface area contributed by atoms with E-state index >= 15 is 0 Å². The summed E-state index contributed by atoms with van der Waals surface area (Å²) in [6.45, 7) is 8.67. The second-order valence-electron chi connectivity index (χ2n) is 5.35. The Hall–Kier alpha value is -1.19. The molecule has 2 aromatic rings. The van der Waals surface area contributed by atoms with Gasteiger partial charge >= 0.3 is 0 Å². The average molecular weight is 274 g/mol. The van der Waals surface area contributed by atoms with E-state index in [0.29, 0.717) is 5.92 Å². The van der Waals surface area contributed by atoms with Crippen LogP contribution in [0, 0.1) is 13.8 Å². The van der Waals surface area contributed by atoms with Gasteiger partial charge in [0.1, 0.15) is 5.01 Å². The van der Waals surface area contributed by atoms with Crippen LogP contribution in [0.2, 0.25) is 0 Å². The van der Waals surface area contributed by atoms with Gasteiger partial charge in [-0.15, -0.1) is 11.3 Å². The molecule has 1 atom stereocenters. The van der Waals surface area contributed by atoms with Gasteiger partial charge in [0.25, 0.3) is 0 Å².